The standard InChI is InChI=1S/C19H15N2OP/c20-12-6-8-15-17(10-12)23(14-4-2-1-3-5-14)18-11-13(21)7-9-16(18)19(15)22/h1-11H,20-21H2. The van der Waals surface area contributed by atoms with Crippen molar-refractivity contribution in [3.63, 3.8) is 0 Å². The van der Waals surface area contributed by atoms with E-state index in [1.54, 1.807) is 12.1 Å². The summed E-state index contributed by atoms with van der Waals surface area (Å²) in [6.45, 7) is 0. The quantitative estimate of drug-likeness (QED) is 0.401. The smallest absolute Gasteiger partial charge is 0.194 e. The third-order valence-electron chi connectivity index (χ3n) is 4.03. The van der Waals surface area contributed by atoms with Gasteiger partial charge in [0.25, 0.3) is 0 Å². The normalized spacial score (nSPS) is 11.1. The number of hydrogen-bond acceptors (Lipinski definition) is 3. The van der Waals surface area contributed by atoms with Gasteiger partial charge in [0.1, 0.15) is 0 Å². The van der Waals surface area contributed by atoms with Gasteiger partial charge in [-0.25, -0.2) is 0 Å². The van der Waals surface area contributed by atoms with Crippen molar-refractivity contribution in [1.82, 2.24) is 0 Å². The molecule has 0 aliphatic rings. The molecule has 4 rings (SSSR count). The molecule has 0 saturated carbocycles. The summed E-state index contributed by atoms with van der Waals surface area (Å²) in [4.78, 5) is 12.8. The van der Waals surface area contributed by atoms with Crippen molar-refractivity contribution in [2.24, 2.45) is 0 Å². The predicted octanol–water partition coefficient (Wildman–Crippen LogP) is 4.49. The van der Waals surface area contributed by atoms with Crippen LogP contribution in [0.2, 0.25) is 0 Å². The number of benzene rings is 3. The second-order valence-corrected chi connectivity index (χ2v) is 7.70. The Labute approximate surface area is 134 Å². The highest BCUT2D eigenvalue weighted by atomic mass is 31.1. The van der Waals surface area contributed by atoms with Gasteiger partial charge in [-0.3, -0.25) is 4.79 Å². The topological polar surface area (TPSA) is 69.1 Å². The van der Waals surface area contributed by atoms with Crippen LogP contribution in [0.15, 0.2) is 71.5 Å². The molecule has 3 aromatic carbocycles. The third-order valence-corrected chi connectivity index (χ3v) is 6.55. The maximum Gasteiger partial charge on any atom is 0.194 e. The molecule has 0 atom stereocenters. The van der Waals surface area contributed by atoms with Crippen molar-refractivity contribution in [3.8, 4) is 5.30 Å². The predicted molar refractivity (Wildman–Crippen MR) is 101 cm³/mol. The van der Waals surface area contributed by atoms with E-state index in [2.05, 4.69) is 12.1 Å². The fraction of sp³-hybridized carbons (Fsp3) is 0. The average Bonchev–Trinajstić information content (AvgIpc) is 2.55. The largest absolute Gasteiger partial charge is 0.399 e. The molecule has 0 radical (unpaired) electrons. The Morgan fingerprint density at radius 3 is 1.74 bits per heavy atom. The highest BCUT2D eigenvalue weighted by Crippen LogP contribution is 2.51. The molecule has 1 aromatic heterocycles. The van der Waals surface area contributed by atoms with E-state index in [-0.39, 0.29) is 5.43 Å². The molecule has 4 heteroatoms. The van der Waals surface area contributed by atoms with Crippen LogP contribution in [0.5, 0.6) is 0 Å². The van der Waals surface area contributed by atoms with Gasteiger partial charge in [0.15, 0.2) is 5.43 Å². The van der Waals surface area contributed by atoms with E-state index in [0.717, 1.165) is 21.0 Å². The lowest BCUT2D eigenvalue weighted by Gasteiger charge is -2.13. The van der Waals surface area contributed by atoms with Crippen molar-refractivity contribution in [2.75, 3.05) is 11.5 Å². The van der Waals surface area contributed by atoms with Crippen LogP contribution in [-0.2, 0) is 0 Å². The Hall–Kier alpha value is -2.77. The van der Waals surface area contributed by atoms with Crippen LogP contribution in [0.3, 0.4) is 0 Å². The molecule has 112 valence electrons. The molecule has 0 spiro atoms. The molecule has 1 heterocycles. The molecular formula is C19H15N2OP. The van der Waals surface area contributed by atoms with Crippen molar-refractivity contribution in [2.45, 2.75) is 0 Å². The van der Waals surface area contributed by atoms with E-state index in [1.807, 2.05) is 42.5 Å². The first-order chi connectivity index (χ1) is 11.1. The highest BCUT2D eigenvalue weighted by Gasteiger charge is 2.13. The maximum absolute atomic E-state index is 12.8. The van der Waals surface area contributed by atoms with Crippen molar-refractivity contribution in [1.29, 1.82) is 0 Å². The minimum Gasteiger partial charge on any atom is -0.399 e. The van der Waals surface area contributed by atoms with Crippen LogP contribution in [0, 0.1) is 0 Å². The molecule has 23 heavy (non-hydrogen) atoms. The molecule has 0 bridgehead atoms. The van der Waals surface area contributed by atoms with Crippen molar-refractivity contribution in [3.05, 3.63) is 77.0 Å². The lowest BCUT2D eigenvalue weighted by atomic mass is 10.1. The monoisotopic (exact) mass is 318 g/mol. The Morgan fingerprint density at radius 2 is 1.22 bits per heavy atom. The van der Waals surface area contributed by atoms with Crippen LogP contribution in [-0.4, -0.2) is 0 Å². The number of nitrogen functional groups attached to an aromatic ring is 2. The van der Waals surface area contributed by atoms with Gasteiger partial charge < -0.3 is 11.5 Å². The number of fused-ring (bicyclic) bond motifs is 2. The van der Waals surface area contributed by atoms with E-state index >= 15 is 0 Å². The van der Waals surface area contributed by atoms with Crippen LogP contribution in [0.1, 0.15) is 0 Å². The van der Waals surface area contributed by atoms with Gasteiger partial charge >= 0.3 is 0 Å². The maximum atomic E-state index is 12.8. The Morgan fingerprint density at radius 1 is 0.696 bits per heavy atom. The van der Waals surface area contributed by atoms with Crippen LogP contribution >= 0.6 is 7.53 Å². The molecule has 4 aromatic rings. The summed E-state index contributed by atoms with van der Waals surface area (Å²) in [6.07, 6.45) is 0. The Kier molecular flexibility index (Phi) is 3.10. The minimum atomic E-state index is -0.838. The summed E-state index contributed by atoms with van der Waals surface area (Å²) in [5, 5.41) is 4.69. The fourth-order valence-corrected chi connectivity index (χ4v) is 5.66. The highest BCUT2D eigenvalue weighted by molar-refractivity contribution is 7.67. The van der Waals surface area contributed by atoms with Crippen molar-refractivity contribution < 1.29 is 0 Å². The van der Waals surface area contributed by atoms with Gasteiger partial charge in [-0.2, -0.15) is 0 Å². The van der Waals surface area contributed by atoms with E-state index in [1.165, 1.54) is 5.30 Å². The summed E-state index contributed by atoms with van der Waals surface area (Å²) in [7, 11) is -0.838. The van der Waals surface area contributed by atoms with E-state index in [4.69, 9.17) is 11.5 Å². The zero-order valence-electron chi connectivity index (χ0n) is 12.4. The fourth-order valence-electron chi connectivity index (χ4n) is 2.98. The Balaban J connectivity index is 2.32. The number of nitrogens with two attached hydrogens (primary N) is 2. The second-order valence-electron chi connectivity index (χ2n) is 5.55. The van der Waals surface area contributed by atoms with Gasteiger partial charge in [-0.05, 0) is 41.7 Å². The molecule has 0 saturated heterocycles. The molecular weight excluding hydrogens is 303 g/mol. The minimum absolute atomic E-state index is 0.0460. The summed E-state index contributed by atoms with van der Waals surface area (Å²) >= 11 is 0. The van der Waals surface area contributed by atoms with Gasteiger partial charge in [-0.1, -0.05) is 37.9 Å². The van der Waals surface area contributed by atoms with E-state index in [0.29, 0.717) is 11.4 Å². The van der Waals surface area contributed by atoms with Crippen LogP contribution < -0.4 is 16.9 Å². The summed E-state index contributed by atoms with van der Waals surface area (Å²) in [5.74, 6) is 0. The summed E-state index contributed by atoms with van der Waals surface area (Å²) < 4.78 is 0. The van der Waals surface area contributed by atoms with Crippen LogP contribution in [0.25, 0.3) is 26.3 Å². The lowest BCUT2D eigenvalue weighted by Crippen LogP contribution is -2.02. The zero-order valence-corrected chi connectivity index (χ0v) is 13.3. The molecule has 4 N–H and O–H groups in total. The molecule has 0 aliphatic heterocycles. The van der Waals surface area contributed by atoms with Crippen molar-refractivity contribution >= 4 is 39.9 Å². The molecule has 0 unspecified atom stereocenters. The molecule has 0 fully saturated rings. The lowest BCUT2D eigenvalue weighted by molar-refractivity contribution is 1.71. The first-order valence-corrected chi connectivity index (χ1v) is 8.68. The zero-order chi connectivity index (χ0) is 16.0. The third kappa shape index (κ3) is 2.18. The van der Waals surface area contributed by atoms with E-state index in [9.17, 15) is 4.79 Å². The van der Waals surface area contributed by atoms with E-state index < -0.39 is 7.53 Å². The van der Waals surface area contributed by atoms with Gasteiger partial charge in [0.05, 0.1) is 0 Å². The SMILES string of the molecule is Nc1ccc2c(=O)c3ccc(N)cc3p(-c3ccccc3)c2c1. The first kappa shape index (κ1) is 13.9. The molecule has 0 aliphatic carbocycles. The van der Waals surface area contributed by atoms with Crippen LogP contribution in [0.4, 0.5) is 11.4 Å². The average molecular weight is 318 g/mol. The summed E-state index contributed by atoms with van der Waals surface area (Å²) in [5.41, 5.74) is 13.4. The molecule has 0 amide bonds. The van der Waals surface area contributed by atoms with Gasteiger partial charge in [0.2, 0.25) is 0 Å². The first-order valence-electron chi connectivity index (χ1n) is 7.34. The summed E-state index contributed by atoms with van der Waals surface area (Å²) in [6, 6.07) is 21.3. The second kappa shape index (κ2) is 5.15. The van der Waals surface area contributed by atoms with Gasteiger partial charge in [0, 0.05) is 32.4 Å². The number of rotatable bonds is 1. The number of hydrogen-bond donors (Lipinski definition) is 2. The molecule has 3 nitrogen and oxygen atoms in total. The Bertz CT molecular complexity index is 1040. The van der Waals surface area contributed by atoms with Gasteiger partial charge in [-0.15, -0.1) is 0 Å². The number of anilines is 2.